The maximum Gasteiger partial charge on any atom is 0.0415 e. The van der Waals surface area contributed by atoms with Crippen molar-refractivity contribution >= 4 is 0 Å². The van der Waals surface area contributed by atoms with Crippen LogP contribution in [0.25, 0.3) is 0 Å². The van der Waals surface area contributed by atoms with E-state index in [4.69, 9.17) is 5.73 Å². The van der Waals surface area contributed by atoms with Crippen LogP contribution in [-0.4, -0.2) is 0 Å². The molecule has 1 aromatic rings. The van der Waals surface area contributed by atoms with Gasteiger partial charge in [-0.2, -0.15) is 0 Å². The van der Waals surface area contributed by atoms with Crippen LogP contribution in [0.3, 0.4) is 0 Å². The Balaban J connectivity index is 1.72. The topological polar surface area (TPSA) is 26.0 Å². The predicted molar refractivity (Wildman–Crippen MR) is 83.2 cm³/mol. The van der Waals surface area contributed by atoms with Crippen LogP contribution in [0.2, 0.25) is 0 Å². The lowest BCUT2D eigenvalue weighted by molar-refractivity contribution is 0.384. The Labute approximate surface area is 118 Å². The molecule has 0 heterocycles. The van der Waals surface area contributed by atoms with E-state index in [2.05, 4.69) is 31.2 Å². The molecule has 1 aliphatic rings. The van der Waals surface area contributed by atoms with Crippen LogP contribution in [0.4, 0.5) is 0 Å². The monoisotopic (exact) mass is 259 g/mol. The minimum absolute atomic E-state index is 0.0278. The van der Waals surface area contributed by atoms with E-state index in [1.165, 1.54) is 62.5 Å². The number of fused-ring (bicyclic) bond motifs is 1. The van der Waals surface area contributed by atoms with E-state index in [0.717, 1.165) is 12.8 Å². The van der Waals surface area contributed by atoms with Gasteiger partial charge in [-0.05, 0) is 30.4 Å². The highest BCUT2D eigenvalue weighted by Gasteiger charge is 2.33. The molecular weight excluding hydrogens is 230 g/mol. The molecule has 1 unspecified atom stereocenters. The summed E-state index contributed by atoms with van der Waals surface area (Å²) in [5.41, 5.74) is 9.50. The van der Waals surface area contributed by atoms with E-state index in [9.17, 15) is 0 Å². The molecule has 19 heavy (non-hydrogen) atoms. The molecule has 0 fully saturated rings. The Morgan fingerprint density at radius 3 is 2.47 bits per heavy atom. The lowest BCUT2D eigenvalue weighted by Crippen LogP contribution is -2.33. The highest BCUT2D eigenvalue weighted by Crippen LogP contribution is 2.38. The quantitative estimate of drug-likeness (QED) is 0.658. The Morgan fingerprint density at radius 1 is 1.00 bits per heavy atom. The molecule has 2 N–H and O–H groups in total. The van der Waals surface area contributed by atoms with Crippen LogP contribution >= 0.6 is 0 Å². The van der Waals surface area contributed by atoms with Crippen molar-refractivity contribution in [3.05, 3.63) is 35.4 Å². The van der Waals surface area contributed by atoms with Crippen LogP contribution in [0.15, 0.2) is 24.3 Å². The number of nitrogens with two attached hydrogens (primary N) is 1. The molecule has 1 aliphatic carbocycles. The summed E-state index contributed by atoms with van der Waals surface area (Å²) >= 11 is 0. The second-order valence-electron chi connectivity index (χ2n) is 6.18. The highest BCUT2D eigenvalue weighted by molar-refractivity contribution is 5.38. The zero-order valence-electron chi connectivity index (χ0n) is 12.5. The SMILES string of the molecule is CCCCCCCCCC1(N)CCc2ccccc21. The average molecular weight is 259 g/mol. The molecule has 1 nitrogen and oxygen atoms in total. The van der Waals surface area contributed by atoms with Gasteiger partial charge in [0, 0.05) is 5.54 Å². The van der Waals surface area contributed by atoms with Gasteiger partial charge in [-0.1, -0.05) is 76.1 Å². The number of rotatable bonds is 8. The highest BCUT2D eigenvalue weighted by atomic mass is 14.8. The molecule has 0 saturated heterocycles. The van der Waals surface area contributed by atoms with Crippen molar-refractivity contribution in [2.45, 2.75) is 76.7 Å². The van der Waals surface area contributed by atoms with Crippen LogP contribution in [0.1, 0.15) is 75.8 Å². The molecule has 0 radical (unpaired) electrons. The summed E-state index contributed by atoms with van der Waals surface area (Å²) in [6.07, 6.45) is 13.1. The van der Waals surface area contributed by atoms with Gasteiger partial charge in [0.15, 0.2) is 0 Å². The van der Waals surface area contributed by atoms with Crippen molar-refractivity contribution in [2.24, 2.45) is 5.73 Å². The lowest BCUT2D eigenvalue weighted by Gasteiger charge is -2.25. The third kappa shape index (κ3) is 3.82. The molecule has 0 spiro atoms. The van der Waals surface area contributed by atoms with Gasteiger partial charge in [0.1, 0.15) is 0 Å². The fourth-order valence-electron chi connectivity index (χ4n) is 3.37. The Kier molecular flexibility index (Phi) is 5.45. The van der Waals surface area contributed by atoms with Crippen molar-refractivity contribution < 1.29 is 0 Å². The number of aryl methyl sites for hydroxylation is 1. The number of hydrogen-bond acceptors (Lipinski definition) is 1. The molecular formula is C18H29N. The van der Waals surface area contributed by atoms with E-state index in [1.807, 2.05) is 0 Å². The van der Waals surface area contributed by atoms with Gasteiger partial charge in [-0.3, -0.25) is 0 Å². The first-order valence-electron chi connectivity index (χ1n) is 8.13. The maximum atomic E-state index is 6.63. The number of hydrogen-bond donors (Lipinski definition) is 1. The van der Waals surface area contributed by atoms with Crippen LogP contribution < -0.4 is 5.73 Å². The van der Waals surface area contributed by atoms with Gasteiger partial charge in [-0.15, -0.1) is 0 Å². The van der Waals surface area contributed by atoms with Crippen molar-refractivity contribution in [3.63, 3.8) is 0 Å². The minimum atomic E-state index is -0.0278. The van der Waals surface area contributed by atoms with Gasteiger partial charge < -0.3 is 5.73 Å². The van der Waals surface area contributed by atoms with Crippen molar-refractivity contribution in [1.82, 2.24) is 0 Å². The van der Waals surface area contributed by atoms with Crippen LogP contribution in [0.5, 0.6) is 0 Å². The number of unbranched alkanes of at least 4 members (excludes halogenated alkanes) is 6. The molecule has 1 heteroatoms. The minimum Gasteiger partial charge on any atom is -0.321 e. The first-order chi connectivity index (χ1) is 9.26. The van der Waals surface area contributed by atoms with E-state index >= 15 is 0 Å². The molecule has 0 saturated carbocycles. The Hall–Kier alpha value is -0.820. The third-order valence-electron chi connectivity index (χ3n) is 4.62. The summed E-state index contributed by atoms with van der Waals surface area (Å²) < 4.78 is 0. The fourth-order valence-corrected chi connectivity index (χ4v) is 3.37. The Bertz CT molecular complexity index is 385. The van der Waals surface area contributed by atoms with Gasteiger partial charge in [0.05, 0.1) is 0 Å². The zero-order chi connectivity index (χ0) is 13.6. The normalized spacial score (nSPS) is 21.6. The van der Waals surface area contributed by atoms with E-state index in [0.29, 0.717) is 0 Å². The van der Waals surface area contributed by atoms with Gasteiger partial charge >= 0.3 is 0 Å². The Morgan fingerprint density at radius 2 is 1.68 bits per heavy atom. The van der Waals surface area contributed by atoms with E-state index in [1.54, 1.807) is 0 Å². The number of benzene rings is 1. The third-order valence-corrected chi connectivity index (χ3v) is 4.62. The zero-order valence-corrected chi connectivity index (χ0v) is 12.5. The molecule has 106 valence electrons. The lowest BCUT2D eigenvalue weighted by atomic mass is 9.87. The molecule has 1 atom stereocenters. The second-order valence-corrected chi connectivity index (χ2v) is 6.18. The van der Waals surface area contributed by atoms with Crippen molar-refractivity contribution in [1.29, 1.82) is 0 Å². The molecule has 0 aromatic heterocycles. The molecule has 0 aliphatic heterocycles. The summed E-state index contributed by atoms with van der Waals surface area (Å²) in [5, 5.41) is 0. The maximum absolute atomic E-state index is 6.63. The largest absolute Gasteiger partial charge is 0.321 e. The standard InChI is InChI=1S/C18H29N/c1-2-3-4-5-6-7-10-14-18(19)15-13-16-11-8-9-12-17(16)18/h8-9,11-12H,2-7,10,13-15,19H2,1H3. The van der Waals surface area contributed by atoms with Gasteiger partial charge in [0.2, 0.25) is 0 Å². The molecule has 0 amide bonds. The summed E-state index contributed by atoms with van der Waals surface area (Å²) in [6.45, 7) is 2.27. The second kappa shape index (κ2) is 7.09. The van der Waals surface area contributed by atoms with Gasteiger partial charge in [-0.25, -0.2) is 0 Å². The first-order valence-corrected chi connectivity index (χ1v) is 8.13. The van der Waals surface area contributed by atoms with Crippen molar-refractivity contribution in [2.75, 3.05) is 0 Å². The molecule has 1 aromatic carbocycles. The average Bonchev–Trinajstić information content (AvgIpc) is 2.77. The predicted octanol–water partition coefficient (Wildman–Crippen LogP) is 4.93. The molecule has 2 rings (SSSR count). The van der Waals surface area contributed by atoms with Crippen LogP contribution in [-0.2, 0) is 12.0 Å². The fraction of sp³-hybridized carbons (Fsp3) is 0.667. The van der Waals surface area contributed by atoms with E-state index < -0.39 is 0 Å². The summed E-state index contributed by atoms with van der Waals surface area (Å²) in [4.78, 5) is 0. The van der Waals surface area contributed by atoms with Crippen molar-refractivity contribution in [3.8, 4) is 0 Å². The molecule has 0 bridgehead atoms. The smallest absolute Gasteiger partial charge is 0.0415 e. The van der Waals surface area contributed by atoms with Crippen LogP contribution in [0, 0.1) is 0 Å². The summed E-state index contributed by atoms with van der Waals surface area (Å²) in [5.74, 6) is 0. The first kappa shape index (κ1) is 14.6. The summed E-state index contributed by atoms with van der Waals surface area (Å²) in [7, 11) is 0. The van der Waals surface area contributed by atoms with E-state index in [-0.39, 0.29) is 5.54 Å². The summed E-state index contributed by atoms with van der Waals surface area (Å²) in [6, 6.07) is 8.76. The van der Waals surface area contributed by atoms with Gasteiger partial charge in [0.25, 0.3) is 0 Å².